The van der Waals surface area contributed by atoms with Gasteiger partial charge in [-0.2, -0.15) is 0 Å². The van der Waals surface area contributed by atoms with E-state index in [1.54, 1.807) is 0 Å². The van der Waals surface area contributed by atoms with Crippen molar-refractivity contribution in [1.82, 2.24) is 0 Å². The van der Waals surface area contributed by atoms with E-state index in [2.05, 4.69) is 50.3 Å². The first kappa shape index (κ1) is 18.1. The Morgan fingerprint density at radius 1 is 1.04 bits per heavy atom. The molecule has 0 amide bonds. The van der Waals surface area contributed by atoms with Crippen molar-refractivity contribution in [3.05, 3.63) is 42.0 Å². The minimum absolute atomic E-state index is 0.0417. The van der Waals surface area contributed by atoms with E-state index in [0.29, 0.717) is 6.61 Å². The maximum atomic E-state index is 5.75. The van der Waals surface area contributed by atoms with Crippen molar-refractivity contribution < 1.29 is 9.47 Å². The highest BCUT2D eigenvalue weighted by molar-refractivity contribution is 5.27. The zero-order valence-corrected chi connectivity index (χ0v) is 14.9. The van der Waals surface area contributed by atoms with E-state index in [1.807, 2.05) is 0 Å². The van der Waals surface area contributed by atoms with Gasteiger partial charge in [-0.1, -0.05) is 56.9 Å². The molecule has 128 valence electrons. The quantitative estimate of drug-likeness (QED) is 0.280. The lowest BCUT2D eigenvalue weighted by atomic mass is 10.1. The number of allylic oxidation sites excluding steroid dienone is 2. The first-order valence-electron chi connectivity index (χ1n) is 9.22. The number of hydrogen-bond donors (Lipinski definition) is 0. The van der Waals surface area contributed by atoms with E-state index in [1.165, 1.54) is 44.1 Å². The molecule has 1 unspecified atom stereocenters. The van der Waals surface area contributed by atoms with Crippen LogP contribution in [0, 0.1) is 0 Å². The van der Waals surface area contributed by atoms with Gasteiger partial charge in [0.05, 0.1) is 6.61 Å². The zero-order valence-electron chi connectivity index (χ0n) is 14.9. The highest BCUT2D eigenvalue weighted by Crippen LogP contribution is 2.27. The summed E-state index contributed by atoms with van der Waals surface area (Å²) in [5.74, 6) is 0.938. The molecule has 0 saturated carbocycles. The number of benzene rings is 1. The molecule has 1 aromatic carbocycles. The van der Waals surface area contributed by atoms with Crippen LogP contribution in [-0.4, -0.2) is 18.8 Å². The van der Waals surface area contributed by atoms with Crippen molar-refractivity contribution in [3.63, 3.8) is 0 Å². The Balaban J connectivity index is 1.55. The molecule has 1 aliphatic rings. The van der Waals surface area contributed by atoms with Crippen molar-refractivity contribution in [2.24, 2.45) is 0 Å². The van der Waals surface area contributed by atoms with Crippen molar-refractivity contribution in [2.45, 2.75) is 70.8 Å². The maximum Gasteiger partial charge on any atom is 0.123 e. The van der Waals surface area contributed by atoms with Crippen LogP contribution in [0.1, 0.15) is 64.4 Å². The van der Waals surface area contributed by atoms with E-state index in [9.17, 15) is 0 Å². The Hall–Kier alpha value is -1.28. The Morgan fingerprint density at radius 3 is 2.43 bits per heavy atom. The third-order valence-electron chi connectivity index (χ3n) is 4.35. The van der Waals surface area contributed by atoms with Crippen molar-refractivity contribution in [2.75, 3.05) is 13.2 Å². The minimum Gasteiger partial charge on any atom is -0.491 e. The van der Waals surface area contributed by atoms with E-state index < -0.39 is 0 Å². The number of ether oxygens (including phenoxy) is 2. The molecule has 0 radical (unpaired) electrons. The summed E-state index contributed by atoms with van der Waals surface area (Å²) in [5, 5.41) is 0. The first-order chi connectivity index (χ1) is 11.2. The zero-order chi connectivity index (χ0) is 16.4. The molecule has 0 N–H and O–H groups in total. The van der Waals surface area contributed by atoms with Gasteiger partial charge in [0.15, 0.2) is 0 Å². The molecule has 23 heavy (non-hydrogen) atoms. The van der Waals surface area contributed by atoms with Crippen LogP contribution < -0.4 is 4.74 Å². The predicted molar refractivity (Wildman–Crippen MR) is 97.1 cm³/mol. The van der Waals surface area contributed by atoms with Crippen molar-refractivity contribution >= 4 is 0 Å². The monoisotopic (exact) mass is 316 g/mol. The summed E-state index contributed by atoms with van der Waals surface area (Å²) >= 11 is 0. The Morgan fingerprint density at radius 2 is 1.74 bits per heavy atom. The molecule has 1 saturated heterocycles. The third-order valence-corrected chi connectivity index (χ3v) is 4.35. The molecule has 0 aliphatic carbocycles. The Labute approximate surface area is 141 Å². The van der Waals surface area contributed by atoms with Gasteiger partial charge in [0.25, 0.3) is 0 Å². The van der Waals surface area contributed by atoms with Gasteiger partial charge in [-0.05, 0) is 50.3 Å². The fourth-order valence-corrected chi connectivity index (χ4v) is 2.55. The van der Waals surface area contributed by atoms with Gasteiger partial charge in [-0.3, -0.25) is 0 Å². The highest BCUT2D eigenvalue weighted by Gasteiger charge is 2.40. The second-order valence-corrected chi connectivity index (χ2v) is 6.88. The average Bonchev–Trinajstić information content (AvgIpc) is 3.30. The summed E-state index contributed by atoms with van der Waals surface area (Å²) in [6, 6.07) is 8.48. The van der Waals surface area contributed by atoms with Crippen LogP contribution in [-0.2, 0) is 11.2 Å². The number of hydrogen-bond acceptors (Lipinski definition) is 2. The highest BCUT2D eigenvalue weighted by atomic mass is 16.6. The van der Waals surface area contributed by atoms with E-state index in [-0.39, 0.29) is 5.60 Å². The standard InChI is InChI=1S/C21H32O2/c1-3-4-5-6-7-8-9-10-11-12-19-13-15-20(16-14-19)22-17-21(2)18-23-21/h9-10,13-16H,3-8,11-12,17-18H2,1-2H3/b10-9+. The third kappa shape index (κ3) is 7.69. The van der Waals surface area contributed by atoms with Gasteiger partial charge in [-0.15, -0.1) is 0 Å². The van der Waals surface area contributed by atoms with Crippen LogP contribution >= 0.6 is 0 Å². The smallest absolute Gasteiger partial charge is 0.123 e. The van der Waals surface area contributed by atoms with Crippen LogP contribution in [0.25, 0.3) is 0 Å². The largest absolute Gasteiger partial charge is 0.491 e. The van der Waals surface area contributed by atoms with Gasteiger partial charge >= 0.3 is 0 Å². The Kier molecular flexibility index (Phi) is 7.67. The fourth-order valence-electron chi connectivity index (χ4n) is 2.55. The number of epoxide rings is 1. The lowest BCUT2D eigenvalue weighted by molar-refractivity contribution is 0.202. The van der Waals surface area contributed by atoms with Gasteiger partial charge < -0.3 is 9.47 Å². The van der Waals surface area contributed by atoms with Crippen LogP contribution in [0.3, 0.4) is 0 Å². The molecule has 2 heteroatoms. The maximum absolute atomic E-state index is 5.75. The first-order valence-corrected chi connectivity index (χ1v) is 9.22. The SMILES string of the molecule is CCCCCCC/C=C/CCc1ccc(OCC2(C)CO2)cc1. The number of rotatable bonds is 12. The molecule has 2 rings (SSSR count). The predicted octanol–water partition coefficient (Wildman–Crippen LogP) is 5.70. The molecule has 0 bridgehead atoms. The molecule has 1 heterocycles. The van der Waals surface area contributed by atoms with Crippen LogP contribution in [0.4, 0.5) is 0 Å². The van der Waals surface area contributed by atoms with Gasteiger partial charge in [0, 0.05) is 0 Å². The van der Waals surface area contributed by atoms with Crippen LogP contribution in [0.15, 0.2) is 36.4 Å². The summed E-state index contributed by atoms with van der Waals surface area (Å²) in [4.78, 5) is 0. The molecule has 1 fully saturated rings. The second kappa shape index (κ2) is 9.77. The molecule has 0 aromatic heterocycles. The molecular formula is C21H32O2. The normalized spacial score (nSPS) is 20.1. The van der Waals surface area contributed by atoms with E-state index in [4.69, 9.17) is 9.47 Å². The molecular weight excluding hydrogens is 284 g/mol. The molecule has 0 spiro atoms. The van der Waals surface area contributed by atoms with Crippen molar-refractivity contribution in [3.8, 4) is 5.75 Å². The van der Waals surface area contributed by atoms with Gasteiger partial charge in [0.2, 0.25) is 0 Å². The fraction of sp³-hybridized carbons (Fsp3) is 0.619. The lowest BCUT2D eigenvalue weighted by Crippen LogP contribution is -2.16. The summed E-state index contributed by atoms with van der Waals surface area (Å²) in [7, 11) is 0. The second-order valence-electron chi connectivity index (χ2n) is 6.88. The van der Waals surface area contributed by atoms with E-state index >= 15 is 0 Å². The summed E-state index contributed by atoms with van der Waals surface area (Å²) in [6.45, 7) is 5.81. The average molecular weight is 316 g/mol. The summed E-state index contributed by atoms with van der Waals surface area (Å²) in [5.41, 5.74) is 1.33. The molecule has 1 aliphatic heterocycles. The summed E-state index contributed by atoms with van der Waals surface area (Å²) < 4.78 is 11.1. The molecule has 2 nitrogen and oxygen atoms in total. The molecule has 1 atom stereocenters. The Bertz CT molecular complexity index is 457. The molecule has 1 aromatic rings. The van der Waals surface area contributed by atoms with Crippen molar-refractivity contribution in [1.29, 1.82) is 0 Å². The van der Waals surface area contributed by atoms with Crippen LogP contribution in [0.2, 0.25) is 0 Å². The number of aryl methyl sites for hydroxylation is 1. The van der Waals surface area contributed by atoms with Gasteiger partial charge in [-0.25, -0.2) is 0 Å². The minimum atomic E-state index is -0.0417. The lowest BCUT2D eigenvalue weighted by Gasteiger charge is -2.09. The topological polar surface area (TPSA) is 21.8 Å². The van der Waals surface area contributed by atoms with E-state index in [0.717, 1.165) is 25.2 Å². The van der Waals surface area contributed by atoms with Crippen LogP contribution in [0.5, 0.6) is 5.75 Å². The van der Waals surface area contributed by atoms with Gasteiger partial charge in [0.1, 0.15) is 18.0 Å². The summed E-state index contributed by atoms with van der Waals surface area (Å²) in [6.07, 6.45) is 15.0. The number of unbranched alkanes of at least 4 members (excludes halogenated alkanes) is 5.